The van der Waals surface area contributed by atoms with Crippen molar-refractivity contribution in [2.45, 2.75) is 12.1 Å². The van der Waals surface area contributed by atoms with Gasteiger partial charge in [-0.2, -0.15) is 4.98 Å². The highest BCUT2D eigenvalue weighted by molar-refractivity contribution is 6.04. The molecular formula is C22H27FN8O3. The zero-order valence-corrected chi connectivity index (χ0v) is 18.6. The van der Waals surface area contributed by atoms with E-state index in [9.17, 15) is 14.3 Å². The number of amides is 1. The lowest BCUT2D eigenvalue weighted by Gasteiger charge is -2.27. The van der Waals surface area contributed by atoms with E-state index in [0.29, 0.717) is 75.0 Å². The summed E-state index contributed by atoms with van der Waals surface area (Å²) < 4.78 is 21.5. The summed E-state index contributed by atoms with van der Waals surface area (Å²) in [6.45, 7) is 4.61. The minimum Gasteiger partial charge on any atom is -0.390 e. The predicted molar refractivity (Wildman–Crippen MR) is 123 cm³/mol. The third kappa shape index (κ3) is 4.39. The molecule has 2 aliphatic heterocycles. The number of aromatic nitrogens is 4. The number of pyridine rings is 1. The number of ether oxygens (including phenoxy) is 1. The lowest BCUT2D eigenvalue weighted by molar-refractivity contribution is 0.100. The van der Waals surface area contributed by atoms with Crippen molar-refractivity contribution in [1.29, 1.82) is 0 Å². The van der Waals surface area contributed by atoms with Crippen LogP contribution in [0.1, 0.15) is 16.4 Å². The van der Waals surface area contributed by atoms with Crippen LogP contribution in [0.4, 0.5) is 16.2 Å². The molecule has 0 radical (unpaired) electrons. The van der Waals surface area contributed by atoms with Crippen LogP contribution in [0.2, 0.25) is 0 Å². The average molecular weight is 471 g/mol. The van der Waals surface area contributed by atoms with Crippen LogP contribution in [0.5, 0.6) is 0 Å². The SMILES string of the molecule is NC(=O)c1ccnc2c1ccn2[C@@H]1CN(CCNc2nc(N3CCOCC3)ncc2F)C[C@H]1O. The van der Waals surface area contributed by atoms with Gasteiger partial charge in [0, 0.05) is 57.0 Å². The maximum absolute atomic E-state index is 14.3. The third-order valence-electron chi connectivity index (χ3n) is 6.32. The van der Waals surface area contributed by atoms with Crippen LogP contribution in [-0.2, 0) is 4.74 Å². The van der Waals surface area contributed by atoms with Gasteiger partial charge in [0.05, 0.1) is 37.1 Å². The number of likely N-dealkylation sites (tertiary alicyclic amines) is 1. The van der Waals surface area contributed by atoms with E-state index < -0.39 is 17.8 Å². The van der Waals surface area contributed by atoms with Crippen molar-refractivity contribution >= 4 is 28.7 Å². The monoisotopic (exact) mass is 470 g/mol. The Kier molecular flexibility index (Phi) is 6.26. The highest BCUT2D eigenvalue weighted by atomic mass is 19.1. The van der Waals surface area contributed by atoms with Crippen molar-refractivity contribution < 1.29 is 19.0 Å². The molecule has 0 bridgehead atoms. The molecule has 0 unspecified atom stereocenters. The van der Waals surface area contributed by atoms with Gasteiger partial charge in [-0.3, -0.25) is 9.69 Å². The molecule has 3 aromatic heterocycles. The van der Waals surface area contributed by atoms with Gasteiger partial charge in [-0.05, 0) is 12.1 Å². The van der Waals surface area contributed by atoms with Crippen LogP contribution < -0.4 is 16.0 Å². The van der Waals surface area contributed by atoms with Crippen LogP contribution in [0.15, 0.2) is 30.7 Å². The van der Waals surface area contributed by atoms with Crippen LogP contribution in [-0.4, -0.2) is 94.0 Å². The number of hydrogen-bond acceptors (Lipinski definition) is 9. The molecule has 2 fully saturated rings. The van der Waals surface area contributed by atoms with Crippen molar-refractivity contribution in [2.24, 2.45) is 5.73 Å². The average Bonchev–Trinajstić information content (AvgIpc) is 3.43. The quantitative estimate of drug-likeness (QED) is 0.443. The van der Waals surface area contributed by atoms with Crippen LogP contribution in [0.3, 0.4) is 0 Å². The number of nitrogens with zero attached hydrogens (tertiary/aromatic N) is 6. The number of aliphatic hydroxyl groups excluding tert-OH is 1. The van der Waals surface area contributed by atoms with Crippen molar-refractivity contribution in [2.75, 3.05) is 62.7 Å². The van der Waals surface area contributed by atoms with E-state index in [4.69, 9.17) is 10.5 Å². The molecule has 12 heteroatoms. The molecule has 2 aliphatic rings. The molecule has 2 saturated heterocycles. The molecule has 5 heterocycles. The van der Waals surface area contributed by atoms with Gasteiger partial charge in [-0.1, -0.05) is 0 Å². The van der Waals surface area contributed by atoms with E-state index in [2.05, 4.69) is 25.2 Å². The van der Waals surface area contributed by atoms with E-state index in [1.807, 2.05) is 15.7 Å². The fourth-order valence-electron chi connectivity index (χ4n) is 4.57. The number of carbonyl (C=O) groups excluding carboxylic acids is 1. The molecule has 0 aliphatic carbocycles. The molecule has 34 heavy (non-hydrogen) atoms. The first kappa shape index (κ1) is 22.4. The summed E-state index contributed by atoms with van der Waals surface area (Å²) >= 11 is 0. The molecule has 0 saturated carbocycles. The summed E-state index contributed by atoms with van der Waals surface area (Å²) in [5.74, 6) is -0.386. The molecule has 11 nitrogen and oxygen atoms in total. The van der Waals surface area contributed by atoms with E-state index in [1.165, 1.54) is 6.20 Å². The number of carbonyl (C=O) groups is 1. The van der Waals surface area contributed by atoms with Crippen molar-refractivity contribution in [3.8, 4) is 0 Å². The molecule has 1 amide bonds. The summed E-state index contributed by atoms with van der Waals surface area (Å²) in [5, 5.41) is 14.4. The summed E-state index contributed by atoms with van der Waals surface area (Å²) in [7, 11) is 0. The number of β-amino-alcohol motifs (C(OH)–C–C–N with tert-alkyl or cyclic N) is 1. The van der Waals surface area contributed by atoms with Gasteiger partial charge in [-0.25, -0.2) is 14.4 Å². The number of halogens is 1. The zero-order chi connectivity index (χ0) is 23.7. The largest absolute Gasteiger partial charge is 0.390 e. The number of aliphatic hydroxyl groups is 1. The fourth-order valence-corrected chi connectivity index (χ4v) is 4.57. The Morgan fingerprint density at radius 3 is 2.88 bits per heavy atom. The Morgan fingerprint density at radius 1 is 1.26 bits per heavy atom. The fraction of sp³-hybridized carbons (Fsp3) is 0.455. The van der Waals surface area contributed by atoms with Gasteiger partial charge in [0.1, 0.15) is 5.65 Å². The number of nitrogens with one attached hydrogen (secondary N) is 1. The molecule has 180 valence electrons. The van der Waals surface area contributed by atoms with Gasteiger partial charge in [0.2, 0.25) is 11.9 Å². The Hall–Kier alpha value is -3.35. The molecule has 5 rings (SSSR count). The second-order valence-corrected chi connectivity index (χ2v) is 8.47. The van der Waals surface area contributed by atoms with Crippen LogP contribution >= 0.6 is 0 Å². The number of rotatable bonds is 7. The Morgan fingerprint density at radius 2 is 2.09 bits per heavy atom. The molecule has 4 N–H and O–H groups in total. The maximum atomic E-state index is 14.3. The van der Waals surface area contributed by atoms with Crippen LogP contribution in [0.25, 0.3) is 11.0 Å². The molecule has 2 atom stereocenters. The van der Waals surface area contributed by atoms with Gasteiger partial charge < -0.3 is 30.4 Å². The minimum absolute atomic E-state index is 0.160. The van der Waals surface area contributed by atoms with Gasteiger partial charge in [-0.15, -0.1) is 0 Å². The summed E-state index contributed by atoms with van der Waals surface area (Å²) in [4.78, 5) is 28.6. The van der Waals surface area contributed by atoms with Crippen molar-refractivity contribution in [3.05, 3.63) is 42.1 Å². The summed E-state index contributed by atoms with van der Waals surface area (Å²) in [6, 6.07) is 3.16. The predicted octanol–water partition coefficient (Wildman–Crippen LogP) is 0.231. The normalized spacial score (nSPS) is 21.3. The number of fused-ring (bicyclic) bond motifs is 1. The second-order valence-electron chi connectivity index (χ2n) is 8.47. The standard InChI is InChI=1S/C22H27FN8O3/c23-16-11-27-22(30-7-9-34-10-8-30)28-20(16)25-4-6-29-12-17(18(32)13-29)31-5-2-15-14(19(24)33)1-3-26-21(15)31/h1-3,5,11,17-18,32H,4,6-10,12-13H2,(H2,24,33)(H,25,27,28)/t17-,18-/m1/s1. The Bertz CT molecular complexity index is 1180. The summed E-state index contributed by atoms with van der Waals surface area (Å²) in [6.07, 6.45) is 3.94. The van der Waals surface area contributed by atoms with E-state index >= 15 is 0 Å². The first-order chi connectivity index (χ1) is 16.5. The Balaban J connectivity index is 1.22. The van der Waals surface area contributed by atoms with Gasteiger partial charge in [0.25, 0.3) is 0 Å². The molecule has 3 aromatic rings. The first-order valence-electron chi connectivity index (χ1n) is 11.3. The smallest absolute Gasteiger partial charge is 0.249 e. The van der Waals surface area contributed by atoms with Crippen molar-refractivity contribution in [1.82, 2.24) is 24.4 Å². The number of hydrogen-bond donors (Lipinski definition) is 3. The molecule has 0 aromatic carbocycles. The van der Waals surface area contributed by atoms with E-state index in [0.717, 1.165) is 0 Å². The number of nitrogens with two attached hydrogens (primary N) is 1. The van der Waals surface area contributed by atoms with E-state index in [1.54, 1.807) is 18.3 Å². The first-order valence-corrected chi connectivity index (χ1v) is 11.3. The maximum Gasteiger partial charge on any atom is 0.249 e. The molecule has 0 spiro atoms. The topological polar surface area (TPSA) is 135 Å². The highest BCUT2D eigenvalue weighted by Crippen LogP contribution is 2.28. The number of morpholine rings is 1. The lowest BCUT2D eigenvalue weighted by atomic mass is 10.2. The van der Waals surface area contributed by atoms with Gasteiger partial charge in [0.15, 0.2) is 11.6 Å². The van der Waals surface area contributed by atoms with Gasteiger partial charge >= 0.3 is 0 Å². The number of anilines is 2. The van der Waals surface area contributed by atoms with E-state index in [-0.39, 0.29) is 11.9 Å². The summed E-state index contributed by atoms with van der Waals surface area (Å²) in [5.41, 5.74) is 6.49. The number of primary amides is 1. The van der Waals surface area contributed by atoms with Crippen molar-refractivity contribution in [3.63, 3.8) is 0 Å². The second kappa shape index (κ2) is 9.49. The zero-order valence-electron chi connectivity index (χ0n) is 18.6. The molecular weight excluding hydrogens is 443 g/mol. The lowest BCUT2D eigenvalue weighted by Crippen LogP contribution is -2.37. The third-order valence-corrected chi connectivity index (χ3v) is 6.32. The highest BCUT2D eigenvalue weighted by Gasteiger charge is 2.33. The Labute approximate surface area is 195 Å². The minimum atomic E-state index is -0.613. The van der Waals surface area contributed by atoms with Crippen LogP contribution in [0, 0.1) is 5.82 Å².